The molecular formula is C16H23NO4. The standard InChI is InChI=1S/C16H23NO4/c1-4-20-16(19)11(3)17-15(18)8-6-12-5-7-14(21-12)13-9-10(13)2/h5,7,10-11,13H,4,6,8-9H2,1-3H3,(H,17,18). The highest BCUT2D eigenvalue weighted by Gasteiger charge is 2.36. The van der Waals surface area contributed by atoms with Gasteiger partial charge in [0.1, 0.15) is 17.6 Å². The summed E-state index contributed by atoms with van der Waals surface area (Å²) in [5.41, 5.74) is 0. The van der Waals surface area contributed by atoms with Gasteiger partial charge in [0.25, 0.3) is 0 Å². The Hall–Kier alpha value is -1.78. The summed E-state index contributed by atoms with van der Waals surface area (Å²) >= 11 is 0. The minimum absolute atomic E-state index is 0.173. The molecule has 5 nitrogen and oxygen atoms in total. The van der Waals surface area contributed by atoms with Crippen molar-refractivity contribution in [3.05, 3.63) is 23.7 Å². The fourth-order valence-corrected chi connectivity index (χ4v) is 2.32. The van der Waals surface area contributed by atoms with Crippen LogP contribution in [-0.4, -0.2) is 24.5 Å². The summed E-state index contributed by atoms with van der Waals surface area (Å²) in [5.74, 6) is 2.53. The molecule has 3 atom stereocenters. The van der Waals surface area contributed by atoms with Crippen molar-refractivity contribution in [2.45, 2.75) is 52.0 Å². The average Bonchev–Trinajstić information content (AvgIpc) is 3.00. The van der Waals surface area contributed by atoms with E-state index in [1.807, 2.05) is 12.1 Å². The molecule has 1 aromatic heterocycles. The van der Waals surface area contributed by atoms with Crippen molar-refractivity contribution < 1.29 is 18.7 Å². The van der Waals surface area contributed by atoms with Crippen molar-refractivity contribution in [3.8, 4) is 0 Å². The zero-order valence-corrected chi connectivity index (χ0v) is 12.8. The number of carbonyl (C=O) groups is 2. The van der Waals surface area contributed by atoms with E-state index in [1.165, 1.54) is 6.42 Å². The predicted molar refractivity (Wildman–Crippen MR) is 77.8 cm³/mol. The Morgan fingerprint density at radius 1 is 1.48 bits per heavy atom. The first-order valence-corrected chi connectivity index (χ1v) is 7.55. The lowest BCUT2D eigenvalue weighted by molar-refractivity contribution is -0.146. The number of carbonyl (C=O) groups excluding carboxylic acids is 2. The fourth-order valence-electron chi connectivity index (χ4n) is 2.32. The number of aryl methyl sites for hydroxylation is 1. The van der Waals surface area contributed by atoms with Gasteiger partial charge in [-0.2, -0.15) is 0 Å². The molecule has 1 aromatic rings. The van der Waals surface area contributed by atoms with Gasteiger partial charge in [0.05, 0.1) is 6.61 Å². The molecule has 0 aromatic carbocycles. The van der Waals surface area contributed by atoms with E-state index in [0.717, 1.165) is 11.5 Å². The van der Waals surface area contributed by atoms with Crippen LogP contribution in [0, 0.1) is 5.92 Å². The molecule has 1 heterocycles. The lowest BCUT2D eigenvalue weighted by Crippen LogP contribution is -2.39. The van der Waals surface area contributed by atoms with Crippen LogP contribution in [0.15, 0.2) is 16.5 Å². The first-order valence-electron chi connectivity index (χ1n) is 7.55. The van der Waals surface area contributed by atoms with E-state index in [0.29, 0.717) is 31.3 Å². The predicted octanol–water partition coefficient (Wildman–Crippen LogP) is 2.40. The normalized spacial score (nSPS) is 21.7. The van der Waals surface area contributed by atoms with Gasteiger partial charge < -0.3 is 14.5 Å². The smallest absolute Gasteiger partial charge is 0.328 e. The first kappa shape index (κ1) is 15.6. The molecule has 1 fully saturated rings. The topological polar surface area (TPSA) is 68.5 Å². The van der Waals surface area contributed by atoms with E-state index >= 15 is 0 Å². The Balaban J connectivity index is 1.73. The zero-order valence-electron chi connectivity index (χ0n) is 12.8. The Labute approximate surface area is 125 Å². The van der Waals surface area contributed by atoms with Crippen molar-refractivity contribution in [2.24, 2.45) is 5.92 Å². The maximum atomic E-state index is 11.8. The minimum Gasteiger partial charge on any atom is -0.466 e. The Morgan fingerprint density at radius 3 is 2.81 bits per heavy atom. The van der Waals surface area contributed by atoms with Crippen molar-refractivity contribution in [2.75, 3.05) is 6.61 Å². The van der Waals surface area contributed by atoms with Crippen molar-refractivity contribution in [3.63, 3.8) is 0 Å². The molecule has 0 aliphatic heterocycles. The highest BCUT2D eigenvalue weighted by molar-refractivity contribution is 5.84. The van der Waals surface area contributed by atoms with E-state index in [2.05, 4.69) is 12.2 Å². The second-order valence-electron chi connectivity index (χ2n) is 5.66. The van der Waals surface area contributed by atoms with Crippen LogP contribution in [0.25, 0.3) is 0 Å². The Kier molecular flexibility index (Phi) is 5.04. The van der Waals surface area contributed by atoms with Gasteiger partial charge in [-0.25, -0.2) is 4.79 Å². The number of esters is 1. The Morgan fingerprint density at radius 2 is 2.19 bits per heavy atom. The van der Waals surface area contributed by atoms with E-state index in [-0.39, 0.29) is 5.91 Å². The lowest BCUT2D eigenvalue weighted by Gasteiger charge is -2.12. The highest BCUT2D eigenvalue weighted by Crippen LogP contribution is 2.47. The molecule has 1 aliphatic rings. The molecule has 1 saturated carbocycles. The van der Waals surface area contributed by atoms with Crippen LogP contribution in [-0.2, 0) is 20.7 Å². The molecule has 5 heteroatoms. The molecule has 1 amide bonds. The van der Waals surface area contributed by atoms with Crippen molar-refractivity contribution in [1.29, 1.82) is 0 Å². The minimum atomic E-state index is -0.614. The van der Waals surface area contributed by atoms with Gasteiger partial charge in [0.2, 0.25) is 5.91 Å². The quantitative estimate of drug-likeness (QED) is 0.784. The second kappa shape index (κ2) is 6.78. The Bertz CT molecular complexity index is 508. The molecular weight excluding hydrogens is 270 g/mol. The summed E-state index contributed by atoms with van der Waals surface area (Å²) < 4.78 is 10.6. The summed E-state index contributed by atoms with van der Waals surface area (Å²) in [7, 11) is 0. The second-order valence-corrected chi connectivity index (χ2v) is 5.66. The summed E-state index contributed by atoms with van der Waals surface area (Å²) in [5, 5.41) is 2.63. The van der Waals surface area contributed by atoms with E-state index in [1.54, 1.807) is 13.8 Å². The van der Waals surface area contributed by atoms with Crippen LogP contribution < -0.4 is 5.32 Å². The van der Waals surface area contributed by atoms with Gasteiger partial charge in [-0.3, -0.25) is 4.79 Å². The zero-order chi connectivity index (χ0) is 15.4. The monoisotopic (exact) mass is 293 g/mol. The molecule has 3 unspecified atom stereocenters. The van der Waals surface area contributed by atoms with Gasteiger partial charge in [-0.15, -0.1) is 0 Å². The van der Waals surface area contributed by atoms with Gasteiger partial charge in [-0.1, -0.05) is 6.92 Å². The number of hydrogen-bond acceptors (Lipinski definition) is 4. The van der Waals surface area contributed by atoms with E-state index < -0.39 is 12.0 Å². The first-order chi connectivity index (χ1) is 10.0. The number of nitrogens with one attached hydrogen (secondary N) is 1. The molecule has 1 aliphatic carbocycles. The van der Waals surface area contributed by atoms with Gasteiger partial charge in [0.15, 0.2) is 0 Å². The van der Waals surface area contributed by atoms with Crippen molar-refractivity contribution in [1.82, 2.24) is 5.32 Å². The fraction of sp³-hybridized carbons (Fsp3) is 0.625. The summed E-state index contributed by atoms with van der Waals surface area (Å²) in [4.78, 5) is 23.2. The third kappa shape index (κ3) is 4.34. The summed E-state index contributed by atoms with van der Waals surface area (Å²) in [6, 6.07) is 3.32. The molecule has 0 spiro atoms. The maximum Gasteiger partial charge on any atom is 0.328 e. The van der Waals surface area contributed by atoms with Crippen LogP contribution in [0.4, 0.5) is 0 Å². The summed E-state index contributed by atoms with van der Waals surface area (Å²) in [6.45, 7) is 5.88. The molecule has 2 rings (SSSR count). The maximum absolute atomic E-state index is 11.8. The van der Waals surface area contributed by atoms with Crippen LogP contribution >= 0.6 is 0 Å². The number of rotatable bonds is 7. The van der Waals surface area contributed by atoms with E-state index in [4.69, 9.17) is 9.15 Å². The largest absolute Gasteiger partial charge is 0.466 e. The van der Waals surface area contributed by atoms with Crippen LogP contribution in [0.5, 0.6) is 0 Å². The number of amides is 1. The van der Waals surface area contributed by atoms with E-state index in [9.17, 15) is 9.59 Å². The van der Waals surface area contributed by atoms with Crippen LogP contribution in [0.2, 0.25) is 0 Å². The van der Waals surface area contributed by atoms with Gasteiger partial charge >= 0.3 is 5.97 Å². The van der Waals surface area contributed by atoms with Crippen molar-refractivity contribution >= 4 is 11.9 Å². The average molecular weight is 293 g/mol. The van der Waals surface area contributed by atoms with Gasteiger partial charge in [-0.05, 0) is 38.3 Å². The third-order valence-corrected chi connectivity index (χ3v) is 3.77. The molecule has 0 saturated heterocycles. The number of furan rings is 1. The molecule has 0 radical (unpaired) electrons. The lowest BCUT2D eigenvalue weighted by atomic mass is 10.2. The third-order valence-electron chi connectivity index (χ3n) is 3.77. The SMILES string of the molecule is CCOC(=O)C(C)NC(=O)CCc1ccc(C2CC2C)o1. The van der Waals surface area contributed by atoms with Gasteiger partial charge in [0, 0.05) is 18.8 Å². The molecule has 1 N–H and O–H groups in total. The van der Waals surface area contributed by atoms with Crippen LogP contribution in [0.3, 0.4) is 0 Å². The number of ether oxygens (including phenoxy) is 1. The number of hydrogen-bond donors (Lipinski definition) is 1. The molecule has 21 heavy (non-hydrogen) atoms. The molecule has 116 valence electrons. The van der Waals surface area contributed by atoms with Crippen LogP contribution in [0.1, 0.15) is 51.1 Å². The highest BCUT2D eigenvalue weighted by atomic mass is 16.5. The molecule has 0 bridgehead atoms. The summed E-state index contributed by atoms with van der Waals surface area (Å²) in [6.07, 6.45) is 2.03.